The van der Waals surface area contributed by atoms with Crippen LogP contribution in [0.3, 0.4) is 0 Å². The van der Waals surface area contributed by atoms with Crippen molar-refractivity contribution in [3.63, 3.8) is 0 Å². The third kappa shape index (κ3) is 4.97. The van der Waals surface area contributed by atoms with E-state index in [1.165, 1.54) is 0 Å². The number of H-pyrrole nitrogens is 1. The molecule has 2 heterocycles. The van der Waals surface area contributed by atoms with Crippen molar-refractivity contribution in [1.82, 2.24) is 20.1 Å². The summed E-state index contributed by atoms with van der Waals surface area (Å²) in [5.74, 6) is 0.771. The first kappa shape index (κ1) is 16.2. The van der Waals surface area contributed by atoms with Crippen molar-refractivity contribution >= 4 is 29.9 Å². The number of aromatic amines is 1. The first-order chi connectivity index (χ1) is 8.65. The van der Waals surface area contributed by atoms with Gasteiger partial charge < -0.3 is 10.6 Å². The minimum absolute atomic E-state index is 0. The highest BCUT2D eigenvalue weighted by Gasteiger charge is 2.19. The van der Waals surface area contributed by atoms with Gasteiger partial charge in [-0.05, 0) is 24.4 Å². The maximum atomic E-state index is 12.1. The van der Waals surface area contributed by atoms with Crippen molar-refractivity contribution in [1.29, 1.82) is 0 Å². The summed E-state index contributed by atoms with van der Waals surface area (Å²) >= 11 is 5.60. The molecule has 1 amide bonds. The van der Waals surface area contributed by atoms with Crippen LogP contribution in [-0.2, 0) is 11.2 Å². The number of halogens is 2. The molecule has 0 aliphatic carbocycles. The number of carbonyl (C=O) groups is 1. The fraction of sp³-hybridized carbons (Fsp3) is 0.727. The van der Waals surface area contributed by atoms with Gasteiger partial charge in [-0.2, -0.15) is 0 Å². The van der Waals surface area contributed by atoms with Crippen molar-refractivity contribution in [2.24, 2.45) is 5.73 Å². The number of aromatic nitrogens is 3. The number of nitrogens with one attached hydrogen (secondary N) is 1. The van der Waals surface area contributed by atoms with Crippen molar-refractivity contribution in [3.05, 3.63) is 11.1 Å². The molecule has 0 saturated carbocycles. The molecule has 3 N–H and O–H groups in total. The number of aryl methyl sites for hydroxylation is 1. The highest BCUT2D eigenvalue weighted by atomic mass is 35.5. The second kappa shape index (κ2) is 7.67. The molecule has 6 nitrogen and oxygen atoms in total. The zero-order valence-corrected chi connectivity index (χ0v) is 12.2. The zero-order valence-electron chi connectivity index (χ0n) is 10.6. The molecule has 1 fully saturated rings. The van der Waals surface area contributed by atoms with Gasteiger partial charge in [0.1, 0.15) is 5.82 Å². The van der Waals surface area contributed by atoms with Gasteiger partial charge in [0.2, 0.25) is 11.2 Å². The van der Waals surface area contributed by atoms with Gasteiger partial charge in [-0.1, -0.05) is 6.42 Å². The van der Waals surface area contributed by atoms with Gasteiger partial charge in [0.15, 0.2) is 0 Å². The molecule has 1 saturated heterocycles. The quantitative estimate of drug-likeness (QED) is 0.877. The number of likely N-dealkylation sites (tertiary alicyclic amines) is 1. The van der Waals surface area contributed by atoms with Gasteiger partial charge in [0.25, 0.3) is 0 Å². The van der Waals surface area contributed by atoms with Crippen LogP contribution >= 0.6 is 24.0 Å². The highest BCUT2D eigenvalue weighted by molar-refractivity contribution is 6.28. The standard InChI is InChI=1S/C11H18ClN5O.ClH/c12-11-14-9(15-16-11)4-5-10(18)17-6-2-1-3-8(13)7-17;/h8H,1-7,13H2,(H,14,15,16);1H. The molecule has 0 bridgehead atoms. The van der Waals surface area contributed by atoms with Gasteiger partial charge in [-0.25, -0.2) is 4.98 Å². The van der Waals surface area contributed by atoms with Crippen molar-refractivity contribution in [2.45, 2.75) is 38.1 Å². The van der Waals surface area contributed by atoms with Crippen LogP contribution in [0.25, 0.3) is 0 Å². The molecule has 1 aromatic heterocycles. The minimum Gasteiger partial charge on any atom is -0.341 e. The van der Waals surface area contributed by atoms with E-state index < -0.39 is 0 Å². The van der Waals surface area contributed by atoms with E-state index in [9.17, 15) is 4.79 Å². The molecule has 0 spiro atoms. The summed E-state index contributed by atoms with van der Waals surface area (Å²) in [5.41, 5.74) is 5.93. The molecule has 1 atom stereocenters. The predicted molar refractivity (Wildman–Crippen MR) is 75.4 cm³/mol. The lowest BCUT2D eigenvalue weighted by atomic mass is 10.1. The Balaban J connectivity index is 0.00000180. The lowest BCUT2D eigenvalue weighted by Crippen LogP contribution is -2.39. The van der Waals surface area contributed by atoms with Crippen LogP contribution in [0.15, 0.2) is 0 Å². The third-order valence-corrected chi connectivity index (χ3v) is 3.31. The van der Waals surface area contributed by atoms with E-state index in [2.05, 4.69) is 15.2 Å². The molecule has 1 aliphatic rings. The Morgan fingerprint density at radius 2 is 2.32 bits per heavy atom. The van der Waals surface area contributed by atoms with E-state index >= 15 is 0 Å². The van der Waals surface area contributed by atoms with Gasteiger partial charge in [0, 0.05) is 32.0 Å². The first-order valence-electron chi connectivity index (χ1n) is 6.25. The van der Waals surface area contributed by atoms with Crippen molar-refractivity contribution in [3.8, 4) is 0 Å². The Bertz CT molecular complexity index is 412. The average Bonchev–Trinajstić information content (AvgIpc) is 2.63. The SMILES string of the molecule is Cl.NC1CCCCN(C(=O)CCc2nc(Cl)n[nH]2)C1. The lowest BCUT2D eigenvalue weighted by Gasteiger charge is -2.22. The molecule has 1 aromatic rings. The number of nitrogens with two attached hydrogens (primary N) is 1. The number of hydrogen-bond acceptors (Lipinski definition) is 4. The van der Waals surface area contributed by atoms with E-state index in [1.807, 2.05) is 4.90 Å². The van der Waals surface area contributed by atoms with Crippen LogP contribution in [0, 0.1) is 0 Å². The Morgan fingerprint density at radius 1 is 1.53 bits per heavy atom. The maximum absolute atomic E-state index is 12.1. The number of rotatable bonds is 3. The molecular formula is C11H19Cl2N5O. The van der Waals surface area contributed by atoms with Crippen LogP contribution in [-0.4, -0.2) is 45.1 Å². The second-order valence-electron chi connectivity index (χ2n) is 4.65. The van der Waals surface area contributed by atoms with E-state index in [1.54, 1.807) is 0 Å². The topological polar surface area (TPSA) is 87.9 Å². The smallest absolute Gasteiger partial charge is 0.242 e. The largest absolute Gasteiger partial charge is 0.341 e. The number of nitrogens with zero attached hydrogens (tertiary/aromatic N) is 3. The molecule has 19 heavy (non-hydrogen) atoms. The van der Waals surface area contributed by atoms with Crippen LogP contribution < -0.4 is 5.73 Å². The molecule has 0 radical (unpaired) electrons. The van der Waals surface area contributed by atoms with Crippen molar-refractivity contribution in [2.75, 3.05) is 13.1 Å². The van der Waals surface area contributed by atoms with Crippen LogP contribution in [0.4, 0.5) is 0 Å². The fourth-order valence-electron chi connectivity index (χ4n) is 2.17. The van der Waals surface area contributed by atoms with Crippen LogP contribution in [0.2, 0.25) is 5.28 Å². The number of amides is 1. The van der Waals surface area contributed by atoms with E-state index in [0.717, 1.165) is 25.8 Å². The molecule has 108 valence electrons. The number of hydrogen-bond donors (Lipinski definition) is 2. The molecule has 8 heteroatoms. The van der Waals surface area contributed by atoms with Crippen LogP contribution in [0.1, 0.15) is 31.5 Å². The Kier molecular flexibility index (Phi) is 6.54. The van der Waals surface area contributed by atoms with E-state index in [0.29, 0.717) is 25.2 Å². The fourth-order valence-corrected chi connectivity index (χ4v) is 2.31. The van der Waals surface area contributed by atoms with Gasteiger partial charge in [-0.3, -0.25) is 9.89 Å². The molecular weight excluding hydrogens is 289 g/mol. The third-order valence-electron chi connectivity index (χ3n) is 3.14. The first-order valence-corrected chi connectivity index (χ1v) is 6.63. The van der Waals surface area contributed by atoms with Gasteiger partial charge >= 0.3 is 0 Å². The summed E-state index contributed by atoms with van der Waals surface area (Å²) in [6.07, 6.45) is 4.08. The summed E-state index contributed by atoms with van der Waals surface area (Å²) in [6, 6.07) is 0.108. The normalized spacial score (nSPS) is 19.7. The monoisotopic (exact) mass is 307 g/mol. The van der Waals surface area contributed by atoms with Gasteiger partial charge in [0.05, 0.1) is 0 Å². The molecule has 1 aliphatic heterocycles. The predicted octanol–water partition coefficient (Wildman–Crippen LogP) is 1.15. The highest BCUT2D eigenvalue weighted by Crippen LogP contribution is 2.11. The Hall–Kier alpha value is -0.850. The van der Waals surface area contributed by atoms with Gasteiger partial charge in [-0.15, -0.1) is 17.5 Å². The molecule has 0 aromatic carbocycles. The second-order valence-corrected chi connectivity index (χ2v) is 4.98. The summed E-state index contributed by atoms with van der Waals surface area (Å²) in [5, 5.41) is 6.60. The zero-order chi connectivity index (χ0) is 13.0. The summed E-state index contributed by atoms with van der Waals surface area (Å²) in [4.78, 5) is 17.9. The maximum Gasteiger partial charge on any atom is 0.242 e. The number of carbonyl (C=O) groups excluding carboxylic acids is 1. The van der Waals surface area contributed by atoms with E-state index in [4.69, 9.17) is 17.3 Å². The Labute approximate surface area is 123 Å². The summed E-state index contributed by atoms with van der Waals surface area (Å²) < 4.78 is 0. The average molecular weight is 308 g/mol. The lowest BCUT2D eigenvalue weighted by molar-refractivity contribution is -0.131. The van der Waals surface area contributed by atoms with Crippen molar-refractivity contribution < 1.29 is 4.79 Å². The summed E-state index contributed by atoms with van der Waals surface area (Å²) in [6.45, 7) is 1.47. The van der Waals surface area contributed by atoms with E-state index in [-0.39, 0.29) is 29.6 Å². The minimum atomic E-state index is 0. The summed E-state index contributed by atoms with van der Waals surface area (Å²) in [7, 11) is 0. The Morgan fingerprint density at radius 3 is 3.00 bits per heavy atom. The molecule has 2 rings (SSSR count). The van der Waals surface area contributed by atoms with Crippen LogP contribution in [0.5, 0.6) is 0 Å². The molecule has 1 unspecified atom stereocenters.